The smallest absolute Gasteiger partial charge is 0.278 e. The van der Waals surface area contributed by atoms with Gasteiger partial charge < -0.3 is 0 Å². The summed E-state index contributed by atoms with van der Waals surface area (Å²) in [7, 11) is 0. The minimum Gasteiger partial charge on any atom is -0.278 e. The maximum atomic E-state index is 13.6. The van der Waals surface area contributed by atoms with E-state index in [-0.39, 0.29) is 20.5 Å². The Morgan fingerprint density at radius 2 is 0.854 bits per heavy atom. The Kier molecular flexibility index (Phi) is 6.90. The van der Waals surface area contributed by atoms with Crippen molar-refractivity contribution in [1.29, 1.82) is 0 Å². The molecular formula is C23H14F12N6. The number of alkyl halides is 12. The van der Waals surface area contributed by atoms with Crippen LogP contribution in [0.3, 0.4) is 0 Å². The van der Waals surface area contributed by atoms with Crippen LogP contribution in [0, 0.1) is 0 Å². The molecule has 0 fully saturated rings. The van der Waals surface area contributed by atoms with Gasteiger partial charge >= 0.3 is 24.7 Å². The van der Waals surface area contributed by atoms with E-state index in [1.165, 1.54) is 38.1 Å². The van der Waals surface area contributed by atoms with Gasteiger partial charge in [0.05, 0.1) is 11.4 Å². The molecule has 4 rings (SSSR count). The van der Waals surface area contributed by atoms with E-state index < -0.39 is 64.5 Å². The van der Waals surface area contributed by atoms with Crippen molar-refractivity contribution in [3.8, 4) is 11.6 Å². The molecule has 220 valence electrons. The number of hydrogen-bond donors (Lipinski definition) is 0. The molecule has 0 aliphatic rings. The Morgan fingerprint density at radius 3 is 1.15 bits per heavy atom. The number of imidazole rings is 2. The Labute approximate surface area is 221 Å². The third-order valence-electron chi connectivity index (χ3n) is 5.85. The van der Waals surface area contributed by atoms with Crippen molar-refractivity contribution in [2.75, 3.05) is 0 Å². The third-order valence-corrected chi connectivity index (χ3v) is 5.85. The van der Waals surface area contributed by atoms with Crippen LogP contribution >= 0.6 is 0 Å². The molecule has 0 spiro atoms. The lowest BCUT2D eigenvalue weighted by Gasteiger charge is -2.25. The fourth-order valence-electron chi connectivity index (χ4n) is 3.94. The maximum absolute atomic E-state index is 13.6. The van der Waals surface area contributed by atoms with Crippen molar-refractivity contribution in [3.05, 3.63) is 83.2 Å². The van der Waals surface area contributed by atoms with Crippen molar-refractivity contribution in [1.82, 2.24) is 29.1 Å². The molecule has 4 heterocycles. The predicted molar refractivity (Wildman–Crippen MR) is 115 cm³/mol. The Balaban J connectivity index is 1.82. The van der Waals surface area contributed by atoms with E-state index in [1.807, 2.05) is 0 Å². The van der Waals surface area contributed by atoms with Crippen LogP contribution in [-0.2, 0) is 30.1 Å². The number of hydrogen-bond acceptors (Lipinski definition) is 4. The van der Waals surface area contributed by atoms with Gasteiger partial charge in [-0.15, -0.1) is 0 Å². The third kappa shape index (κ3) is 5.58. The highest BCUT2D eigenvalue weighted by Crippen LogP contribution is 2.42. The van der Waals surface area contributed by atoms with Gasteiger partial charge in [0.2, 0.25) is 0 Å². The van der Waals surface area contributed by atoms with Crippen LogP contribution in [0.1, 0.15) is 48.0 Å². The monoisotopic (exact) mass is 602 g/mol. The van der Waals surface area contributed by atoms with Crippen LogP contribution in [-0.4, -0.2) is 29.1 Å². The lowest BCUT2D eigenvalue weighted by molar-refractivity contribution is -0.166. The van der Waals surface area contributed by atoms with Gasteiger partial charge in [-0.25, -0.2) is 19.9 Å². The van der Waals surface area contributed by atoms with Crippen LogP contribution in [0.2, 0.25) is 0 Å². The molecule has 0 atom stereocenters. The first-order chi connectivity index (χ1) is 18.6. The molecule has 0 amide bonds. The number of pyridine rings is 2. The van der Waals surface area contributed by atoms with Crippen molar-refractivity contribution in [3.63, 3.8) is 0 Å². The van der Waals surface area contributed by atoms with E-state index in [9.17, 15) is 52.7 Å². The SMILES string of the molecule is CC(C)(c1cccc(-n2cnc(C(F)(F)F)c2C(F)(F)F)n1)c1cccc(-n2cnc(C(F)(F)F)c2C(F)(F)F)n1. The average Bonchev–Trinajstić information content (AvgIpc) is 3.49. The highest BCUT2D eigenvalue weighted by Gasteiger charge is 2.49. The molecule has 0 aromatic carbocycles. The normalized spacial score (nSPS) is 13.6. The lowest BCUT2D eigenvalue weighted by atomic mass is 9.84. The highest BCUT2D eigenvalue weighted by molar-refractivity contribution is 5.39. The van der Waals surface area contributed by atoms with Crippen molar-refractivity contribution >= 4 is 0 Å². The van der Waals surface area contributed by atoms with Crippen molar-refractivity contribution < 1.29 is 52.7 Å². The molecule has 0 saturated carbocycles. The maximum Gasteiger partial charge on any atom is 0.435 e. The van der Waals surface area contributed by atoms with Gasteiger partial charge in [0.15, 0.2) is 22.8 Å². The van der Waals surface area contributed by atoms with Crippen molar-refractivity contribution in [2.24, 2.45) is 0 Å². The van der Waals surface area contributed by atoms with E-state index in [2.05, 4.69) is 19.9 Å². The predicted octanol–water partition coefficient (Wildman–Crippen LogP) is 7.25. The van der Waals surface area contributed by atoms with E-state index in [0.29, 0.717) is 12.7 Å². The van der Waals surface area contributed by atoms with Gasteiger partial charge in [-0.05, 0) is 38.1 Å². The highest BCUT2D eigenvalue weighted by atomic mass is 19.4. The molecule has 0 aliphatic carbocycles. The zero-order valence-corrected chi connectivity index (χ0v) is 20.3. The molecule has 41 heavy (non-hydrogen) atoms. The Morgan fingerprint density at radius 1 is 0.512 bits per heavy atom. The molecule has 4 aromatic rings. The number of rotatable bonds is 4. The second-order valence-electron chi connectivity index (χ2n) is 9.00. The molecule has 0 saturated heterocycles. The first kappa shape index (κ1) is 29.9. The van der Waals surface area contributed by atoms with Crippen LogP contribution in [0.25, 0.3) is 11.6 Å². The zero-order chi connectivity index (χ0) is 30.8. The minimum atomic E-state index is -5.49. The van der Waals surface area contributed by atoms with Crippen LogP contribution in [0.4, 0.5) is 52.7 Å². The van der Waals surface area contributed by atoms with Gasteiger partial charge in [0.25, 0.3) is 0 Å². The van der Waals surface area contributed by atoms with Gasteiger partial charge in [-0.1, -0.05) is 12.1 Å². The molecular weight excluding hydrogens is 588 g/mol. The molecule has 0 unspecified atom stereocenters. The number of halogens is 12. The quantitative estimate of drug-likeness (QED) is 0.231. The van der Waals surface area contributed by atoms with Gasteiger partial charge in [0.1, 0.15) is 24.3 Å². The molecule has 6 nitrogen and oxygen atoms in total. The summed E-state index contributed by atoms with van der Waals surface area (Å²) in [5, 5.41) is 0. The summed E-state index contributed by atoms with van der Waals surface area (Å²) >= 11 is 0. The summed E-state index contributed by atoms with van der Waals surface area (Å²) in [4.78, 5) is 13.8. The Bertz CT molecular complexity index is 1460. The summed E-state index contributed by atoms with van der Waals surface area (Å²) in [5.41, 5.74) is -10.3. The number of aromatic nitrogens is 6. The van der Waals surface area contributed by atoms with Gasteiger partial charge in [0, 0.05) is 5.41 Å². The molecule has 0 radical (unpaired) electrons. The van der Waals surface area contributed by atoms with Crippen LogP contribution in [0.15, 0.2) is 49.1 Å². The van der Waals surface area contributed by atoms with Gasteiger partial charge in [-0.3, -0.25) is 9.13 Å². The van der Waals surface area contributed by atoms with E-state index in [4.69, 9.17) is 0 Å². The van der Waals surface area contributed by atoms with E-state index in [0.717, 1.165) is 12.1 Å². The largest absolute Gasteiger partial charge is 0.435 e. The second kappa shape index (κ2) is 9.47. The minimum absolute atomic E-state index is 0.0893. The summed E-state index contributed by atoms with van der Waals surface area (Å²) in [6.07, 6.45) is -21.3. The van der Waals surface area contributed by atoms with E-state index in [1.54, 1.807) is 0 Å². The summed E-state index contributed by atoms with van der Waals surface area (Å²) in [6, 6.07) is 6.83. The van der Waals surface area contributed by atoms with Crippen molar-refractivity contribution in [2.45, 2.75) is 44.0 Å². The van der Waals surface area contributed by atoms with Crippen LogP contribution < -0.4 is 0 Å². The summed E-state index contributed by atoms with van der Waals surface area (Å²) in [6.45, 7) is 2.79. The fraction of sp³-hybridized carbons (Fsp3) is 0.304. The fourth-order valence-corrected chi connectivity index (χ4v) is 3.94. The first-order valence-corrected chi connectivity index (χ1v) is 11.0. The second-order valence-corrected chi connectivity index (χ2v) is 9.00. The zero-order valence-electron chi connectivity index (χ0n) is 20.3. The molecule has 18 heteroatoms. The standard InChI is InChI=1S/C23H14F12N6/c1-19(2,11-5-3-7-13(38-11)40-9-36-15(20(24,25)26)17(40)22(30,31)32)12-6-4-8-14(39-12)41-10-37-16(21(27,28)29)18(41)23(33,34)35/h3-10H,1-2H3. The average molecular weight is 602 g/mol. The number of nitrogens with zero attached hydrogens (tertiary/aromatic N) is 6. The molecule has 0 aliphatic heterocycles. The molecule has 0 N–H and O–H groups in total. The summed E-state index contributed by atoms with van der Waals surface area (Å²) < 4.78 is 161. The molecule has 4 aromatic heterocycles. The van der Waals surface area contributed by atoms with Gasteiger partial charge in [-0.2, -0.15) is 52.7 Å². The van der Waals surface area contributed by atoms with Crippen LogP contribution in [0.5, 0.6) is 0 Å². The summed E-state index contributed by atoms with van der Waals surface area (Å²) in [5.74, 6) is -1.24. The lowest BCUT2D eigenvalue weighted by Crippen LogP contribution is -2.25. The Hall–Kier alpha value is -4.12. The molecule has 0 bridgehead atoms. The first-order valence-electron chi connectivity index (χ1n) is 11.0. The topological polar surface area (TPSA) is 61.4 Å². The van der Waals surface area contributed by atoms with E-state index >= 15 is 0 Å².